The van der Waals surface area contributed by atoms with Gasteiger partial charge in [0.05, 0.1) is 0 Å². The van der Waals surface area contributed by atoms with Crippen LogP contribution in [0.5, 0.6) is 0 Å². The molecule has 38 heavy (non-hydrogen) atoms. The van der Waals surface area contributed by atoms with Crippen molar-refractivity contribution in [2.45, 2.75) is 170 Å². The quantitative estimate of drug-likeness (QED) is 0.154. The third-order valence-electron chi connectivity index (χ3n) is 8.51. The predicted octanol–water partition coefficient (Wildman–Crippen LogP) is 11.5. The van der Waals surface area contributed by atoms with Crippen LogP contribution in [0.4, 0.5) is 0 Å². The summed E-state index contributed by atoms with van der Waals surface area (Å²) >= 11 is 0. The van der Waals surface area contributed by atoms with Gasteiger partial charge in [0.2, 0.25) is 0 Å². The third kappa shape index (κ3) is 10.9. The molecule has 0 aliphatic carbocycles. The zero-order valence-corrected chi connectivity index (χ0v) is 26.5. The van der Waals surface area contributed by atoms with Crippen LogP contribution in [-0.2, 0) is 51.4 Å². The van der Waals surface area contributed by atoms with Crippen LogP contribution in [0, 0.1) is 0 Å². The summed E-state index contributed by atoms with van der Waals surface area (Å²) in [5.74, 6) is 0. The van der Waals surface area contributed by atoms with Gasteiger partial charge in [-0.25, -0.2) is 0 Å². The molecule has 2 aromatic carbocycles. The summed E-state index contributed by atoms with van der Waals surface area (Å²) in [7, 11) is 0. The topological polar surface area (TPSA) is 0 Å². The van der Waals surface area contributed by atoms with Crippen molar-refractivity contribution in [1.29, 1.82) is 0 Å². The average Bonchev–Trinajstić information content (AvgIpc) is 2.94. The van der Waals surface area contributed by atoms with Crippen LogP contribution in [-0.4, -0.2) is 0 Å². The summed E-state index contributed by atoms with van der Waals surface area (Å²) in [5.41, 5.74) is 13.2. The van der Waals surface area contributed by atoms with Crippen LogP contribution >= 0.6 is 0 Å². The molecule has 0 saturated carbocycles. The molecule has 0 nitrogen and oxygen atoms in total. The van der Waals surface area contributed by atoms with Crippen molar-refractivity contribution >= 4 is 0 Å². The maximum absolute atomic E-state index is 2.66. The molecule has 0 aromatic heterocycles. The minimum absolute atomic E-state index is 1.20. The lowest BCUT2D eigenvalue weighted by atomic mass is 9.86. The number of hydrogen-bond acceptors (Lipinski definition) is 0. The van der Waals surface area contributed by atoms with E-state index in [4.69, 9.17) is 0 Å². The molecule has 214 valence electrons. The van der Waals surface area contributed by atoms with E-state index in [0.717, 1.165) is 0 Å². The molecular weight excluding hydrogens is 456 g/mol. The van der Waals surface area contributed by atoms with Gasteiger partial charge in [-0.05, 0) is 134 Å². The summed E-state index contributed by atoms with van der Waals surface area (Å²) in [6.45, 7) is 14.0. The minimum atomic E-state index is 1.20. The highest BCUT2D eigenvalue weighted by Crippen LogP contribution is 2.27. The van der Waals surface area contributed by atoms with Gasteiger partial charge in [-0.15, -0.1) is 0 Å². The Labute approximate surface area is 238 Å². The number of unbranched alkanes of at least 4 members (excludes halogenated alkanes) is 6. The van der Waals surface area contributed by atoms with Crippen molar-refractivity contribution < 1.29 is 0 Å². The fraction of sp³-hybridized carbons (Fsp3) is 0.684. The molecule has 0 bridgehead atoms. The Kier molecular flexibility index (Phi) is 16.7. The van der Waals surface area contributed by atoms with Crippen LogP contribution in [0.1, 0.15) is 163 Å². The van der Waals surface area contributed by atoms with Gasteiger partial charge in [-0.3, -0.25) is 0 Å². The third-order valence-corrected chi connectivity index (χ3v) is 8.51. The number of benzene rings is 2. The largest absolute Gasteiger partial charge is 0.0654 e. The highest BCUT2D eigenvalue weighted by Gasteiger charge is 2.14. The van der Waals surface area contributed by atoms with Gasteiger partial charge in [0.25, 0.3) is 0 Å². The van der Waals surface area contributed by atoms with Gasteiger partial charge in [-0.1, -0.05) is 104 Å². The van der Waals surface area contributed by atoms with Gasteiger partial charge in [-0.2, -0.15) is 0 Å². The fourth-order valence-electron chi connectivity index (χ4n) is 5.92. The smallest absolute Gasteiger partial charge is 0.0235 e. The molecule has 0 atom stereocenters. The second-order valence-corrected chi connectivity index (χ2v) is 11.9. The first-order valence-corrected chi connectivity index (χ1v) is 16.9. The SMILES string of the molecule is CCCCc1cc(CCCC)c(CCc2cc(CCCC)c(CCCC)cc2CCCC)cc1CCCC. The highest BCUT2D eigenvalue weighted by molar-refractivity contribution is 5.42. The molecule has 0 saturated heterocycles. The molecule has 2 rings (SSSR count). The van der Waals surface area contributed by atoms with Crippen molar-refractivity contribution in [3.05, 3.63) is 68.8 Å². The average molecular weight is 519 g/mol. The first-order valence-electron chi connectivity index (χ1n) is 16.9. The molecule has 0 radical (unpaired) electrons. The lowest BCUT2D eigenvalue weighted by molar-refractivity contribution is 0.738. The number of aryl methyl sites for hydroxylation is 8. The van der Waals surface area contributed by atoms with Crippen molar-refractivity contribution in [1.82, 2.24) is 0 Å². The number of hydrogen-bond donors (Lipinski definition) is 0. The van der Waals surface area contributed by atoms with E-state index in [-0.39, 0.29) is 0 Å². The Hall–Kier alpha value is -1.56. The monoisotopic (exact) mass is 518 g/mol. The van der Waals surface area contributed by atoms with Crippen LogP contribution in [0.25, 0.3) is 0 Å². The first-order chi connectivity index (χ1) is 18.6. The van der Waals surface area contributed by atoms with Crippen molar-refractivity contribution in [3.8, 4) is 0 Å². The highest BCUT2D eigenvalue weighted by atomic mass is 14.2. The fourth-order valence-corrected chi connectivity index (χ4v) is 5.92. The van der Waals surface area contributed by atoms with Gasteiger partial charge in [0, 0.05) is 0 Å². The summed E-state index contributed by atoms with van der Waals surface area (Å²) in [6.07, 6.45) is 25.5. The summed E-state index contributed by atoms with van der Waals surface area (Å²) in [5, 5.41) is 0. The van der Waals surface area contributed by atoms with E-state index in [2.05, 4.69) is 65.8 Å². The Balaban J connectivity index is 2.43. The standard InChI is InChI=1S/C38H62/c1-7-13-19-31-27-35(23-17-11-5)37(29-33(31)21-15-9-3)25-26-38-30-34(22-16-10-4)32(20-14-8-2)28-36(38)24-18-12-6/h27-30H,7-26H2,1-6H3. The normalized spacial score (nSPS) is 11.4. The van der Waals surface area contributed by atoms with E-state index in [1.807, 2.05) is 0 Å². The summed E-state index contributed by atoms with van der Waals surface area (Å²) in [6, 6.07) is 10.6. The van der Waals surface area contributed by atoms with Crippen molar-refractivity contribution in [2.75, 3.05) is 0 Å². The van der Waals surface area contributed by atoms with E-state index in [1.165, 1.54) is 128 Å². The van der Waals surface area contributed by atoms with Gasteiger partial charge in [0.1, 0.15) is 0 Å². The van der Waals surface area contributed by atoms with Gasteiger partial charge < -0.3 is 0 Å². The Morgan fingerprint density at radius 3 is 0.579 bits per heavy atom. The summed E-state index contributed by atoms with van der Waals surface area (Å²) in [4.78, 5) is 0. The van der Waals surface area contributed by atoms with Gasteiger partial charge >= 0.3 is 0 Å². The van der Waals surface area contributed by atoms with E-state index in [1.54, 1.807) is 44.5 Å². The first kappa shape index (κ1) is 32.7. The maximum atomic E-state index is 2.66. The Bertz CT molecular complexity index is 827. The molecular formula is C38H62. The minimum Gasteiger partial charge on any atom is -0.0654 e. The molecule has 0 fully saturated rings. The lowest BCUT2D eigenvalue weighted by Gasteiger charge is -2.19. The molecule has 0 heteroatoms. The van der Waals surface area contributed by atoms with Crippen LogP contribution in [0.3, 0.4) is 0 Å². The van der Waals surface area contributed by atoms with E-state index in [0.29, 0.717) is 0 Å². The van der Waals surface area contributed by atoms with E-state index < -0.39 is 0 Å². The molecule has 0 N–H and O–H groups in total. The molecule has 2 aromatic rings. The van der Waals surface area contributed by atoms with Crippen LogP contribution in [0.2, 0.25) is 0 Å². The van der Waals surface area contributed by atoms with E-state index >= 15 is 0 Å². The second-order valence-electron chi connectivity index (χ2n) is 11.9. The molecule has 0 spiro atoms. The van der Waals surface area contributed by atoms with Crippen LogP contribution in [0.15, 0.2) is 24.3 Å². The van der Waals surface area contributed by atoms with Gasteiger partial charge in [0.15, 0.2) is 0 Å². The molecule has 0 heterocycles. The second kappa shape index (κ2) is 19.5. The zero-order valence-electron chi connectivity index (χ0n) is 26.5. The van der Waals surface area contributed by atoms with Crippen molar-refractivity contribution in [2.24, 2.45) is 0 Å². The lowest BCUT2D eigenvalue weighted by Crippen LogP contribution is -2.07. The predicted molar refractivity (Wildman–Crippen MR) is 172 cm³/mol. The maximum Gasteiger partial charge on any atom is -0.0235 e. The molecule has 0 amide bonds. The van der Waals surface area contributed by atoms with E-state index in [9.17, 15) is 0 Å². The Morgan fingerprint density at radius 2 is 0.421 bits per heavy atom. The number of rotatable bonds is 21. The molecule has 0 aliphatic rings. The van der Waals surface area contributed by atoms with Crippen molar-refractivity contribution in [3.63, 3.8) is 0 Å². The summed E-state index contributed by atoms with van der Waals surface area (Å²) < 4.78 is 0. The van der Waals surface area contributed by atoms with Crippen LogP contribution < -0.4 is 0 Å². The Morgan fingerprint density at radius 1 is 0.263 bits per heavy atom. The molecule has 0 unspecified atom stereocenters. The molecule has 0 aliphatic heterocycles. The zero-order chi connectivity index (χ0) is 27.6.